The molecule has 83 valence electrons. The predicted octanol–water partition coefficient (Wildman–Crippen LogP) is 3.52. The maximum absolute atomic E-state index is 13.1. The minimum atomic E-state index is -0.139. The molecule has 0 aliphatic carbocycles. The highest BCUT2D eigenvalue weighted by molar-refractivity contribution is 7.17. The van der Waals surface area contributed by atoms with Crippen molar-refractivity contribution in [3.8, 4) is 0 Å². The van der Waals surface area contributed by atoms with E-state index in [1.54, 1.807) is 23.5 Å². The van der Waals surface area contributed by atoms with Gasteiger partial charge in [-0.3, -0.25) is 0 Å². The summed E-state index contributed by atoms with van der Waals surface area (Å²) in [6.07, 6.45) is 2.28. The average Bonchev–Trinajstić information content (AvgIpc) is 2.73. The highest BCUT2D eigenvalue weighted by Gasteiger charge is 2.19. The Balaban J connectivity index is 2.03. The Labute approximate surface area is 98.3 Å². The van der Waals surface area contributed by atoms with Crippen LogP contribution in [0.3, 0.4) is 0 Å². The largest absolute Gasteiger partial charge is 0.242 e. The van der Waals surface area contributed by atoms with Gasteiger partial charge in [-0.05, 0) is 47.2 Å². The standard InChI is InChI=1S/C13H13FNS/c14-10-1-2-11-12(8-16-13(11)7-10)9-3-5-15-6-4-9/h1-2,7-9H,3-6H2. The summed E-state index contributed by atoms with van der Waals surface area (Å²) in [4.78, 5) is 0. The number of benzene rings is 1. The van der Waals surface area contributed by atoms with Gasteiger partial charge in [0.2, 0.25) is 0 Å². The quantitative estimate of drug-likeness (QED) is 0.716. The molecular weight excluding hydrogens is 221 g/mol. The van der Waals surface area contributed by atoms with Crippen LogP contribution in [0.1, 0.15) is 24.3 Å². The molecule has 0 unspecified atom stereocenters. The summed E-state index contributed by atoms with van der Waals surface area (Å²) in [5.74, 6) is 0.483. The second-order valence-corrected chi connectivity index (χ2v) is 5.19. The van der Waals surface area contributed by atoms with E-state index < -0.39 is 0 Å². The van der Waals surface area contributed by atoms with Gasteiger partial charge in [0.25, 0.3) is 0 Å². The van der Waals surface area contributed by atoms with Crippen LogP contribution in [-0.2, 0) is 0 Å². The molecule has 1 aliphatic heterocycles. The third-order valence-electron chi connectivity index (χ3n) is 3.28. The van der Waals surface area contributed by atoms with Crippen molar-refractivity contribution in [2.75, 3.05) is 13.1 Å². The molecule has 0 N–H and O–H groups in total. The fourth-order valence-electron chi connectivity index (χ4n) is 2.40. The number of halogens is 1. The lowest BCUT2D eigenvalue weighted by Gasteiger charge is -2.21. The Bertz CT molecular complexity index is 500. The molecule has 16 heavy (non-hydrogen) atoms. The third-order valence-corrected chi connectivity index (χ3v) is 4.24. The average molecular weight is 234 g/mol. The molecule has 0 bridgehead atoms. The van der Waals surface area contributed by atoms with Gasteiger partial charge in [-0.1, -0.05) is 6.07 Å². The molecule has 0 atom stereocenters. The third kappa shape index (κ3) is 1.74. The van der Waals surface area contributed by atoms with Crippen LogP contribution in [0.5, 0.6) is 0 Å². The van der Waals surface area contributed by atoms with E-state index in [1.165, 1.54) is 10.9 Å². The summed E-state index contributed by atoms with van der Waals surface area (Å²) < 4.78 is 14.1. The Morgan fingerprint density at radius 1 is 1.25 bits per heavy atom. The SMILES string of the molecule is Fc1ccc2c(C3CC[N]CC3)csc2c1. The molecule has 1 saturated heterocycles. The van der Waals surface area contributed by atoms with Gasteiger partial charge < -0.3 is 0 Å². The van der Waals surface area contributed by atoms with Gasteiger partial charge in [0, 0.05) is 17.8 Å². The van der Waals surface area contributed by atoms with Crippen LogP contribution in [0.2, 0.25) is 0 Å². The van der Waals surface area contributed by atoms with Crippen molar-refractivity contribution in [1.29, 1.82) is 0 Å². The number of hydrogen-bond acceptors (Lipinski definition) is 1. The van der Waals surface area contributed by atoms with Crippen LogP contribution in [0.15, 0.2) is 23.6 Å². The van der Waals surface area contributed by atoms with Crippen molar-refractivity contribution in [2.24, 2.45) is 0 Å². The predicted molar refractivity (Wildman–Crippen MR) is 65.6 cm³/mol. The van der Waals surface area contributed by atoms with Crippen LogP contribution < -0.4 is 5.32 Å². The topological polar surface area (TPSA) is 14.1 Å². The first-order valence-electron chi connectivity index (χ1n) is 5.64. The maximum atomic E-state index is 13.1. The van der Waals surface area contributed by atoms with Gasteiger partial charge in [-0.25, -0.2) is 9.71 Å². The maximum Gasteiger partial charge on any atom is 0.124 e. The van der Waals surface area contributed by atoms with Gasteiger partial charge in [-0.2, -0.15) is 0 Å². The first-order chi connectivity index (χ1) is 7.84. The second kappa shape index (κ2) is 4.15. The number of fused-ring (bicyclic) bond motifs is 1. The number of piperidine rings is 1. The zero-order chi connectivity index (χ0) is 11.0. The summed E-state index contributed by atoms with van der Waals surface area (Å²) in [6, 6.07) is 5.12. The van der Waals surface area contributed by atoms with E-state index in [2.05, 4.69) is 10.7 Å². The van der Waals surface area contributed by atoms with Crippen LogP contribution in [0.4, 0.5) is 4.39 Å². The van der Waals surface area contributed by atoms with Crippen molar-refractivity contribution < 1.29 is 4.39 Å². The highest BCUT2D eigenvalue weighted by atomic mass is 32.1. The number of nitrogens with zero attached hydrogens (tertiary/aromatic N) is 1. The van der Waals surface area contributed by atoms with Crippen LogP contribution in [-0.4, -0.2) is 13.1 Å². The Hall–Kier alpha value is -0.930. The molecule has 0 saturated carbocycles. The second-order valence-electron chi connectivity index (χ2n) is 4.28. The number of rotatable bonds is 1. The minimum absolute atomic E-state index is 0.139. The molecular formula is C13H13FNS. The normalized spacial score (nSPS) is 18.1. The number of hydrogen-bond donors (Lipinski definition) is 0. The number of thiophene rings is 1. The Morgan fingerprint density at radius 2 is 2.06 bits per heavy atom. The first kappa shape index (κ1) is 10.2. The lowest BCUT2D eigenvalue weighted by molar-refractivity contribution is 0.456. The van der Waals surface area contributed by atoms with Gasteiger partial charge in [0.15, 0.2) is 0 Å². The minimum Gasteiger partial charge on any atom is -0.242 e. The van der Waals surface area contributed by atoms with Gasteiger partial charge in [0.05, 0.1) is 0 Å². The lowest BCUT2D eigenvalue weighted by Crippen LogP contribution is -2.20. The molecule has 1 aromatic carbocycles. The molecule has 0 amide bonds. The van der Waals surface area contributed by atoms with E-state index in [4.69, 9.17) is 0 Å². The summed E-state index contributed by atoms with van der Waals surface area (Å²) in [7, 11) is 0. The van der Waals surface area contributed by atoms with Crippen molar-refractivity contribution in [1.82, 2.24) is 5.32 Å². The fourth-order valence-corrected chi connectivity index (χ4v) is 3.47. The molecule has 1 radical (unpaired) electrons. The van der Waals surface area contributed by atoms with Crippen LogP contribution >= 0.6 is 11.3 Å². The molecule has 1 aliphatic rings. The van der Waals surface area contributed by atoms with E-state index >= 15 is 0 Å². The summed E-state index contributed by atoms with van der Waals surface area (Å²) in [5.41, 5.74) is 1.40. The molecule has 1 nitrogen and oxygen atoms in total. The van der Waals surface area contributed by atoms with Crippen LogP contribution in [0, 0.1) is 5.82 Å². The van der Waals surface area contributed by atoms with Gasteiger partial charge in [-0.15, -0.1) is 11.3 Å². The van der Waals surface area contributed by atoms with Crippen molar-refractivity contribution in [2.45, 2.75) is 18.8 Å². The molecule has 2 aromatic rings. The Morgan fingerprint density at radius 3 is 2.88 bits per heavy atom. The molecule has 2 heterocycles. The Kier molecular flexibility index (Phi) is 2.65. The van der Waals surface area contributed by atoms with E-state index in [9.17, 15) is 4.39 Å². The smallest absolute Gasteiger partial charge is 0.124 e. The highest BCUT2D eigenvalue weighted by Crippen LogP contribution is 2.35. The van der Waals surface area contributed by atoms with E-state index in [0.717, 1.165) is 30.6 Å². The molecule has 1 fully saturated rings. The molecule has 0 spiro atoms. The summed E-state index contributed by atoms with van der Waals surface area (Å²) in [5, 5.41) is 7.80. The van der Waals surface area contributed by atoms with E-state index in [-0.39, 0.29) is 5.82 Å². The summed E-state index contributed by atoms with van der Waals surface area (Å²) >= 11 is 1.65. The summed E-state index contributed by atoms with van der Waals surface area (Å²) in [6.45, 7) is 1.95. The zero-order valence-electron chi connectivity index (χ0n) is 8.95. The van der Waals surface area contributed by atoms with Crippen molar-refractivity contribution in [3.63, 3.8) is 0 Å². The molecule has 1 aromatic heterocycles. The van der Waals surface area contributed by atoms with Gasteiger partial charge in [0.1, 0.15) is 5.82 Å². The van der Waals surface area contributed by atoms with Crippen molar-refractivity contribution in [3.05, 3.63) is 35.0 Å². The molecule has 3 heteroatoms. The lowest BCUT2D eigenvalue weighted by atomic mass is 9.90. The van der Waals surface area contributed by atoms with Gasteiger partial charge >= 0.3 is 0 Å². The van der Waals surface area contributed by atoms with Crippen molar-refractivity contribution >= 4 is 21.4 Å². The zero-order valence-corrected chi connectivity index (χ0v) is 9.77. The van der Waals surface area contributed by atoms with E-state index in [0.29, 0.717) is 5.92 Å². The first-order valence-corrected chi connectivity index (χ1v) is 6.52. The molecule has 3 rings (SSSR count). The van der Waals surface area contributed by atoms with E-state index in [1.807, 2.05) is 6.07 Å². The van der Waals surface area contributed by atoms with Crippen LogP contribution in [0.25, 0.3) is 10.1 Å². The fraction of sp³-hybridized carbons (Fsp3) is 0.385. The monoisotopic (exact) mass is 234 g/mol.